The SMILES string of the molecule is CCC(C)CCCCOC#COC.c1cc2ccc1-2. The molecule has 19 heavy (non-hydrogen) atoms. The van der Waals surface area contributed by atoms with Crippen LogP contribution in [0, 0.1) is 18.1 Å². The predicted octanol–water partition coefficient (Wildman–Crippen LogP) is 4.45. The molecule has 2 aliphatic rings. The molecular formula is C17H24O2. The predicted molar refractivity (Wildman–Crippen MR) is 79.5 cm³/mol. The van der Waals surface area contributed by atoms with E-state index < -0.39 is 0 Å². The van der Waals surface area contributed by atoms with E-state index >= 15 is 0 Å². The number of ether oxygens (including phenoxy) is 2. The first-order valence-electron chi connectivity index (χ1n) is 7.03. The number of rotatable bonds is 6. The molecule has 1 atom stereocenters. The highest BCUT2D eigenvalue weighted by atomic mass is 16.5. The summed E-state index contributed by atoms with van der Waals surface area (Å²) < 4.78 is 9.52. The quantitative estimate of drug-likeness (QED) is 0.564. The molecule has 0 N–H and O–H groups in total. The molecule has 0 aromatic carbocycles. The van der Waals surface area contributed by atoms with E-state index in [4.69, 9.17) is 4.74 Å². The fourth-order valence-electron chi connectivity index (χ4n) is 1.66. The van der Waals surface area contributed by atoms with Gasteiger partial charge in [0.25, 0.3) is 0 Å². The Hall–Kier alpha value is -1.62. The van der Waals surface area contributed by atoms with E-state index in [1.165, 1.54) is 37.5 Å². The van der Waals surface area contributed by atoms with Crippen molar-refractivity contribution in [2.75, 3.05) is 13.7 Å². The number of benzene rings is 1. The summed E-state index contributed by atoms with van der Waals surface area (Å²) in [5, 5.41) is 0. The Morgan fingerprint density at radius 2 is 1.68 bits per heavy atom. The summed E-state index contributed by atoms with van der Waals surface area (Å²) in [6.07, 6.45) is 9.72. The Morgan fingerprint density at radius 3 is 2.11 bits per heavy atom. The van der Waals surface area contributed by atoms with Crippen LogP contribution in [0.25, 0.3) is 11.1 Å². The average Bonchev–Trinajstić information content (AvgIpc) is 2.42. The minimum Gasteiger partial charge on any atom is -0.448 e. The van der Waals surface area contributed by atoms with Crippen LogP contribution in [0.15, 0.2) is 24.3 Å². The lowest BCUT2D eigenvalue weighted by atomic mass is 9.95. The Morgan fingerprint density at radius 1 is 1.05 bits per heavy atom. The van der Waals surface area contributed by atoms with Gasteiger partial charge in [-0.2, -0.15) is 0 Å². The van der Waals surface area contributed by atoms with Gasteiger partial charge in [-0.3, -0.25) is 0 Å². The van der Waals surface area contributed by atoms with E-state index in [-0.39, 0.29) is 0 Å². The molecule has 0 bridgehead atoms. The fourth-order valence-corrected chi connectivity index (χ4v) is 1.66. The van der Waals surface area contributed by atoms with Crippen molar-refractivity contribution < 1.29 is 9.47 Å². The van der Waals surface area contributed by atoms with E-state index in [2.05, 4.69) is 55.1 Å². The van der Waals surface area contributed by atoms with E-state index in [1.807, 2.05) is 0 Å². The molecule has 0 aliphatic heterocycles. The largest absolute Gasteiger partial charge is 0.448 e. The maximum atomic E-state index is 5.00. The van der Waals surface area contributed by atoms with Gasteiger partial charge in [-0.25, -0.2) is 0 Å². The van der Waals surface area contributed by atoms with Crippen molar-refractivity contribution in [2.24, 2.45) is 5.92 Å². The van der Waals surface area contributed by atoms with Crippen molar-refractivity contribution in [2.45, 2.75) is 39.5 Å². The number of hydrogen-bond acceptors (Lipinski definition) is 2. The van der Waals surface area contributed by atoms with Crippen LogP contribution in [0.4, 0.5) is 0 Å². The molecule has 1 unspecified atom stereocenters. The highest BCUT2D eigenvalue weighted by Crippen LogP contribution is 2.29. The molecule has 104 valence electrons. The minimum absolute atomic E-state index is 0.715. The second kappa shape index (κ2) is 9.33. The summed E-state index contributed by atoms with van der Waals surface area (Å²) in [7, 11) is 1.53. The molecule has 0 heterocycles. The summed E-state index contributed by atoms with van der Waals surface area (Å²) in [6.45, 7) is 5.23. The number of unbranched alkanes of at least 4 members (excludes halogenated alkanes) is 1. The molecule has 2 aliphatic carbocycles. The zero-order valence-electron chi connectivity index (χ0n) is 12.2. The van der Waals surface area contributed by atoms with E-state index in [1.54, 1.807) is 0 Å². The van der Waals surface area contributed by atoms with E-state index in [9.17, 15) is 0 Å². The molecule has 0 radical (unpaired) electrons. The molecule has 0 aromatic heterocycles. The molecule has 0 saturated carbocycles. The maximum Gasteiger partial charge on any atom is 0.154 e. The van der Waals surface area contributed by atoms with Gasteiger partial charge in [0.2, 0.25) is 0 Å². The van der Waals surface area contributed by atoms with Gasteiger partial charge in [-0.15, -0.1) is 0 Å². The van der Waals surface area contributed by atoms with Crippen LogP contribution in [0.1, 0.15) is 39.5 Å². The van der Waals surface area contributed by atoms with Crippen LogP contribution in [0.2, 0.25) is 0 Å². The Bertz CT molecular complexity index is 377. The van der Waals surface area contributed by atoms with Crippen LogP contribution in [-0.4, -0.2) is 13.7 Å². The smallest absolute Gasteiger partial charge is 0.154 e. The molecule has 0 spiro atoms. The van der Waals surface area contributed by atoms with Crippen LogP contribution in [0.3, 0.4) is 0 Å². The van der Waals surface area contributed by atoms with Crippen molar-refractivity contribution in [1.29, 1.82) is 0 Å². The molecule has 0 saturated heterocycles. The molecule has 0 aromatic rings. The summed E-state index contributed by atoms with van der Waals surface area (Å²) in [6, 6.07) is 8.48. The third-order valence-corrected chi connectivity index (χ3v) is 3.32. The number of methoxy groups -OCH3 is 1. The Kier molecular flexibility index (Phi) is 7.58. The fraction of sp³-hybridized carbons (Fsp3) is 0.529. The maximum absolute atomic E-state index is 5.00. The number of hydrogen-bond donors (Lipinski definition) is 0. The van der Waals surface area contributed by atoms with Gasteiger partial charge in [0.1, 0.15) is 6.61 Å². The monoisotopic (exact) mass is 260 g/mol. The summed E-state index contributed by atoms with van der Waals surface area (Å²) >= 11 is 0. The third kappa shape index (κ3) is 6.20. The van der Waals surface area contributed by atoms with Crippen LogP contribution >= 0.6 is 0 Å². The summed E-state index contributed by atoms with van der Waals surface area (Å²) in [5.41, 5.74) is 2.85. The van der Waals surface area contributed by atoms with Crippen molar-refractivity contribution in [3.05, 3.63) is 24.3 Å². The normalized spacial score (nSPS) is 11.3. The molecule has 2 nitrogen and oxygen atoms in total. The van der Waals surface area contributed by atoms with Crippen LogP contribution < -0.4 is 0 Å². The van der Waals surface area contributed by atoms with Crippen LogP contribution in [-0.2, 0) is 9.47 Å². The Labute approximate surface area is 117 Å². The first-order valence-corrected chi connectivity index (χ1v) is 7.03. The zero-order valence-corrected chi connectivity index (χ0v) is 12.2. The topological polar surface area (TPSA) is 18.5 Å². The first-order chi connectivity index (χ1) is 9.27. The van der Waals surface area contributed by atoms with Crippen molar-refractivity contribution in [3.63, 3.8) is 0 Å². The summed E-state index contributed by atoms with van der Waals surface area (Å²) in [5.74, 6) is 0.838. The molecule has 0 fully saturated rings. The van der Waals surface area contributed by atoms with Crippen molar-refractivity contribution in [1.82, 2.24) is 0 Å². The highest BCUT2D eigenvalue weighted by Gasteiger charge is 2.04. The van der Waals surface area contributed by atoms with Gasteiger partial charge in [0, 0.05) is 0 Å². The molecule has 0 amide bonds. The lowest BCUT2D eigenvalue weighted by molar-refractivity contribution is 0.255. The highest BCUT2D eigenvalue weighted by molar-refractivity contribution is 5.75. The lowest BCUT2D eigenvalue weighted by Gasteiger charge is -2.10. The third-order valence-electron chi connectivity index (χ3n) is 3.32. The second-order valence-electron chi connectivity index (χ2n) is 4.84. The van der Waals surface area contributed by atoms with Crippen molar-refractivity contribution in [3.8, 4) is 23.3 Å². The molecular weight excluding hydrogens is 236 g/mol. The minimum atomic E-state index is 0.715. The van der Waals surface area contributed by atoms with Gasteiger partial charge in [-0.05, 0) is 29.9 Å². The second-order valence-corrected chi connectivity index (χ2v) is 4.84. The van der Waals surface area contributed by atoms with Gasteiger partial charge in [0.05, 0.1) is 7.11 Å². The standard InChI is InChI=1S/C11H20O2.C6H4/c1-4-11(2)7-5-6-8-13-10-9-12-3;1-2-6-4-3-5(1)6/h11H,4-8H2,1-3H3;1-4H. The zero-order chi connectivity index (χ0) is 13.9. The first kappa shape index (κ1) is 15.4. The molecule has 2 heteroatoms. The van der Waals surface area contributed by atoms with E-state index in [0.29, 0.717) is 6.61 Å². The Balaban J connectivity index is 0.000000241. The van der Waals surface area contributed by atoms with Gasteiger partial charge in [-0.1, -0.05) is 51.0 Å². The molecule has 2 rings (SSSR count). The lowest BCUT2D eigenvalue weighted by Crippen LogP contribution is -1.94. The van der Waals surface area contributed by atoms with E-state index in [0.717, 1.165) is 12.3 Å². The number of fused-ring (bicyclic) bond motifs is 1. The average molecular weight is 260 g/mol. The van der Waals surface area contributed by atoms with Gasteiger partial charge >= 0.3 is 0 Å². The van der Waals surface area contributed by atoms with Gasteiger partial charge < -0.3 is 9.47 Å². The summed E-state index contributed by atoms with van der Waals surface area (Å²) in [4.78, 5) is 0. The van der Waals surface area contributed by atoms with Crippen molar-refractivity contribution >= 4 is 0 Å². The van der Waals surface area contributed by atoms with Crippen LogP contribution in [0.5, 0.6) is 0 Å². The van der Waals surface area contributed by atoms with Gasteiger partial charge in [0.15, 0.2) is 12.2 Å².